The summed E-state index contributed by atoms with van der Waals surface area (Å²) in [5.41, 5.74) is 0. The van der Waals surface area contributed by atoms with Crippen LogP contribution in [0, 0.1) is 11.8 Å². The number of hydrogen-bond acceptors (Lipinski definition) is 3. The predicted molar refractivity (Wildman–Crippen MR) is 39.3 cm³/mol. The van der Waals surface area contributed by atoms with Crippen molar-refractivity contribution in [3.05, 3.63) is 0 Å². The third-order valence-electron chi connectivity index (χ3n) is 3.05. The lowest BCUT2D eigenvalue weighted by molar-refractivity contribution is -0.160. The lowest BCUT2D eigenvalue weighted by atomic mass is 9.75. The standard InChI is InChI=1S/C8H11NO2/c1-2-7-8-6(3-9-11-8)5(1)4-10-7/h3,5-8H,1-2,4H2/t5-,6-,7-,8-/m0/s1. The summed E-state index contributed by atoms with van der Waals surface area (Å²) in [6.45, 7) is 0.918. The summed E-state index contributed by atoms with van der Waals surface area (Å²) in [6.07, 6.45) is 5.00. The van der Waals surface area contributed by atoms with Crippen LogP contribution in [0.25, 0.3) is 0 Å². The molecule has 0 aromatic carbocycles. The van der Waals surface area contributed by atoms with Crippen molar-refractivity contribution < 1.29 is 9.57 Å². The molecule has 2 bridgehead atoms. The Balaban J connectivity index is 1.93. The van der Waals surface area contributed by atoms with Gasteiger partial charge in [0, 0.05) is 5.92 Å². The molecule has 0 amide bonds. The van der Waals surface area contributed by atoms with Gasteiger partial charge in [-0.1, -0.05) is 5.16 Å². The smallest absolute Gasteiger partial charge is 0.161 e. The van der Waals surface area contributed by atoms with Gasteiger partial charge < -0.3 is 9.57 Å². The normalized spacial score (nSPS) is 52.4. The molecule has 3 heterocycles. The molecule has 2 saturated heterocycles. The van der Waals surface area contributed by atoms with Crippen LogP contribution in [0.3, 0.4) is 0 Å². The van der Waals surface area contributed by atoms with Crippen molar-refractivity contribution in [2.45, 2.75) is 25.0 Å². The molecule has 3 aliphatic heterocycles. The van der Waals surface area contributed by atoms with E-state index in [1.807, 2.05) is 6.21 Å². The fourth-order valence-corrected chi connectivity index (χ4v) is 2.39. The first-order chi connectivity index (χ1) is 5.45. The Hall–Kier alpha value is -0.570. The monoisotopic (exact) mass is 153 g/mol. The van der Waals surface area contributed by atoms with Crippen molar-refractivity contribution in [1.29, 1.82) is 0 Å². The summed E-state index contributed by atoms with van der Waals surface area (Å²) >= 11 is 0. The Bertz CT molecular complexity index is 196. The van der Waals surface area contributed by atoms with Gasteiger partial charge in [-0.3, -0.25) is 0 Å². The van der Waals surface area contributed by atoms with Crippen molar-refractivity contribution >= 4 is 6.21 Å². The van der Waals surface area contributed by atoms with E-state index in [-0.39, 0.29) is 6.10 Å². The Kier molecular flexibility index (Phi) is 1.08. The lowest BCUT2D eigenvalue weighted by Crippen LogP contribution is -2.50. The van der Waals surface area contributed by atoms with E-state index in [2.05, 4.69) is 5.16 Å². The minimum Gasteiger partial charge on any atom is -0.389 e. The molecular weight excluding hydrogens is 142 g/mol. The molecule has 3 heteroatoms. The molecule has 0 unspecified atom stereocenters. The zero-order valence-electron chi connectivity index (χ0n) is 6.27. The first-order valence-corrected chi connectivity index (χ1v) is 4.26. The number of ether oxygens (including phenoxy) is 1. The fraction of sp³-hybridized carbons (Fsp3) is 0.875. The first-order valence-electron chi connectivity index (χ1n) is 4.26. The van der Waals surface area contributed by atoms with Crippen LogP contribution in [0.1, 0.15) is 12.8 Å². The minimum atomic E-state index is 0.252. The zero-order chi connectivity index (χ0) is 7.26. The summed E-state index contributed by atoms with van der Waals surface area (Å²) in [7, 11) is 0. The molecule has 0 aromatic heterocycles. The highest BCUT2D eigenvalue weighted by Gasteiger charge is 2.47. The molecule has 0 aromatic rings. The highest BCUT2D eigenvalue weighted by molar-refractivity contribution is 5.63. The van der Waals surface area contributed by atoms with E-state index in [0.717, 1.165) is 13.0 Å². The highest BCUT2D eigenvalue weighted by atomic mass is 16.7. The van der Waals surface area contributed by atoms with Gasteiger partial charge in [0.25, 0.3) is 0 Å². The van der Waals surface area contributed by atoms with E-state index in [1.165, 1.54) is 6.42 Å². The summed E-state index contributed by atoms with van der Waals surface area (Å²) in [5.74, 6) is 1.23. The van der Waals surface area contributed by atoms with Crippen LogP contribution in [0.2, 0.25) is 0 Å². The fourth-order valence-electron chi connectivity index (χ4n) is 2.39. The van der Waals surface area contributed by atoms with Crippen LogP contribution in [-0.4, -0.2) is 25.0 Å². The van der Waals surface area contributed by atoms with Gasteiger partial charge in [0.05, 0.1) is 18.9 Å². The quantitative estimate of drug-likeness (QED) is 0.515. The molecule has 0 radical (unpaired) electrons. The largest absolute Gasteiger partial charge is 0.389 e. The summed E-state index contributed by atoms with van der Waals surface area (Å²) in [4.78, 5) is 5.24. The number of oxime groups is 1. The third-order valence-corrected chi connectivity index (χ3v) is 3.05. The SMILES string of the molecule is C1=NO[C@H]2[C@@H]1[C@H]1CC[C@@H]2OC1. The maximum atomic E-state index is 5.59. The third kappa shape index (κ3) is 0.692. The van der Waals surface area contributed by atoms with E-state index in [9.17, 15) is 0 Å². The molecule has 0 N–H and O–H groups in total. The molecule has 3 nitrogen and oxygen atoms in total. The van der Waals surface area contributed by atoms with Crippen molar-refractivity contribution in [2.24, 2.45) is 17.0 Å². The molecule has 11 heavy (non-hydrogen) atoms. The van der Waals surface area contributed by atoms with Gasteiger partial charge in [-0.25, -0.2) is 0 Å². The van der Waals surface area contributed by atoms with Gasteiger partial charge in [0.15, 0.2) is 6.10 Å². The number of nitrogens with zero attached hydrogens (tertiary/aromatic N) is 1. The number of fused-ring (bicyclic) bond motifs is 2. The van der Waals surface area contributed by atoms with E-state index >= 15 is 0 Å². The Morgan fingerprint density at radius 3 is 3.09 bits per heavy atom. The Morgan fingerprint density at radius 2 is 2.36 bits per heavy atom. The maximum absolute atomic E-state index is 5.59. The van der Waals surface area contributed by atoms with Crippen LogP contribution >= 0.6 is 0 Å². The topological polar surface area (TPSA) is 30.8 Å². The predicted octanol–water partition coefficient (Wildman–Crippen LogP) is 0.796. The molecule has 3 fully saturated rings. The second-order valence-corrected chi connectivity index (χ2v) is 3.61. The van der Waals surface area contributed by atoms with Gasteiger partial charge in [0.1, 0.15) is 0 Å². The zero-order valence-corrected chi connectivity index (χ0v) is 6.27. The van der Waals surface area contributed by atoms with Gasteiger partial charge >= 0.3 is 0 Å². The first kappa shape index (κ1) is 6.00. The maximum Gasteiger partial charge on any atom is 0.161 e. The van der Waals surface area contributed by atoms with Crippen LogP contribution in [-0.2, 0) is 9.57 Å². The summed E-state index contributed by atoms with van der Waals surface area (Å²) in [6, 6.07) is 0. The van der Waals surface area contributed by atoms with Crippen molar-refractivity contribution in [3.8, 4) is 0 Å². The number of rotatable bonds is 0. The Labute approximate surface area is 65.4 Å². The van der Waals surface area contributed by atoms with Crippen LogP contribution in [0.15, 0.2) is 5.16 Å². The molecule has 1 aliphatic carbocycles. The minimum absolute atomic E-state index is 0.252. The van der Waals surface area contributed by atoms with Gasteiger partial charge in [-0.15, -0.1) is 0 Å². The van der Waals surface area contributed by atoms with Gasteiger partial charge in [0.2, 0.25) is 0 Å². The van der Waals surface area contributed by atoms with E-state index in [1.54, 1.807) is 0 Å². The van der Waals surface area contributed by atoms with E-state index in [0.29, 0.717) is 17.9 Å². The van der Waals surface area contributed by atoms with Crippen molar-refractivity contribution in [2.75, 3.05) is 6.61 Å². The molecule has 4 atom stereocenters. The van der Waals surface area contributed by atoms with Crippen LogP contribution in [0.5, 0.6) is 0 Å². The van der Waals surface area contributed by atoms with Crippen LogP contribution < -0.4 is 0 Å². The molecular formula is C8H11NO2. The molecule has 60 valence electrons. The average Bonchev–Trinajstić information content (AvgIpc) is 2.55. The molecule has 0 spiro atoms. The lowest BCUT2D eigenvalue weighted by Gasteiger charge is -2.42. The van der Waals surface area contributed by atoms with Crippen LogP contribution in [0.4, 0.5) is 0 Å². The van der Waals surface area contributed by atoms with Crippen molar-refractivity contribution in [1.82, 2.24) is 0 Å². The van der Waals surface area contributed by atoms with Crippen molar-refractivity contribution in [3.63, 3.8) is 0 Å². The second kappa shape index (κ2) is 1.97. The van der Waals surface area contributed by atoms with E-state index in [4.69, 9.17) is 9.57 Å². The summed E-state index contributed by atoms with van der Waals surface area (Å²) in [5, 5.41) is 3.86. The number of hydrogen-bond donors (Lipinski definition) is 0. The second-order valence-electron chi connectivity index (χ2n) is 3.61. The molecule has 4 aliphatic rings. The van der Waals surface area contributed by atoms with Gasteiger partial charge in [-0.2, -0.15) is 0 Å². The highest BCUT2D eigenvalue weighted by Crippen LogP contribution is 2.40. The summed E-state index contributed by atoms with van der Waals surface area (Å²) < 4.78 is 5.59. The van der Waals surface area contributed by atoms with Gasteiger partial charge in [-0.05, 0) is 18.8 Å². The molecule has 1 saturated carbocycles. The molecule has 4 rings (SSSR count). The Morgan fingerprint density at radius 1 is 1.36 bits per heavy atom. The van der Waals surface area contributed by atoms with E-state index < -0.39 is 0 Å². The average molecular weight is 153 g/mol.